The van der Waals surface area contributed by atoms with E-state index < -0.39 is 11.0 Å². The van der Waals surface area contributed by atoms with Crippen LogP contribution in [0.5, 0.6) is 0 Å². The lowest BCUT2D eigenvalue weighted by Crippen LogP contribution is -2.66. The summed E-state index contributed by atoms with van der Waals surface area (Å²) in [4.78, 5) is 13.9. The van der Waals surface area contributed by atoms with Gasteiger partial charge in [0.15, 0.2) is 5.71 Å². The number of nitrogens with one attached hydrogen (secondary N) is 2. The van der Waals surface area contributed by atoms with Crippen molar-refractivity contribution in [2.75, 3.05) is 0 Å². The maximum Gasteiger partial charge on any atom is 0.222 e. The van der Waals surface area contributed by atoms with Crippen LogP contribution in [-0.4, -0.2) is 32.8 Å². The predicted octanol–water partition coefficient (Wildman–Crippen LogP) is 4.38. The molecular formula is C21H37N3O. The van der Waals surface area contributed by atoms with Crippen LogP contribution in [0, 0.1) is 22.7 Å². The lowest BCUT2D eigenvalue weighted by atomic mass is 9.60. The Morgan fingerprint density at radius 1 is 0.960 bits per heavy atom. The lowest BCUT2D eigenvalue weighted by Gasteiger charge is -2.53. The van der Waals surface area contributed by atoms with E-state index in [1.54, 1.807) is 4.68 Å². The van der Waals surface area contributed by atoms with Gasteiger partial charge in [0.05, 0.1) is 0 Å². The van der Waals surface area contributed by atoms with Crippen molar-refractivity contribution in [2.24, 2.45) is 22.7 Å². The van der Waals surface area contributed by atoms with Crippen LogP contribution in [-0.2, 0) is 4.79 Å². The molecule has 0 spiro atoms. The summed E-state index contributed by atoms with van der Waals surface area (Å²) in [6, 6.07) is 0. The Kier molecular flexibility index (Phi) is 3.68. The van der Waals surface area contributed by atoms with Crippen molar-refractivity contribution >= 4 is 11.5 Å². The van der Waals surface area contributed by atoms with E-state index in [2.05, 4.69) is 53.8 Å². The third kappa shape index (κ3) is 2.35. The molecule has 0 saturated carbocycles. The Morgan fingerprint density at radius 3 is 1.92 bits per heavy atom. The summed E-state index contributed by atoms with van der Waals surface area (Å²) in [6.07, 6.45) is 2.86. The highest BCUT2D eigenvalue weighted by Gasteiger charge is 2.73. The van der Waals surface area contributed by atoms with E-state index in [9.17, 15) is 4.79 Å². The standard InChI is InChI=1S/C21H37N3O/c1-13-10-17(2,3)15-20(8,9)16(25)21(13,24(15)22)14-11-18(4,5)23-19(6,7)12-14/h13-14,22-23H,10-12H2,1-9H3. The zero-order valence-corrected chi connectivity index (χ0v) is 17.6. The smallest absolute Gasteiger partial charge is 0.222 e. The second-order valence-corrected chi connectivity index (χ2v) is 11.5. The molecule has 2 N–H and O–H groups in total. The number of fused-ring (bicyclic) bond motifs is 1. The number of carbonyl (C=O) groups excluding carboxylic acids is 1. The molecule has 0 aromatic rings. The minimum Gasteiger partial charge on any atom is -0.454 e. The molecule has 25 heavy (non-hydrogen) atoms. The highest BCUT2D eigenvalue weighted by atomic mass is 16.1. The van der Waals surface area contributed by atoms with Gasteiger partial charge in [0.1, 0.15) is 5.41 Å². The number of ketones is 1. The highest BCUT2D eigenvalue weighted by molar-refractivity contribution is 6.16. The zero-order valence-electron chi connectivity index (χ0n) is 17.6. The third-order valence-electron chi connectivity index (χ3n) is 7.14. The fourth-order valence-electron chi connectivity index (χ4n) is 7.19. The first-order valence-corrected chi connectivity index (χ1v) is 9.82. The Morgan fingerprint density at radius 2 is 1.44 bits per heavy atom. The van der Waals surface area contributed by atoms with Gasteiger partial charge < -0.3 is 11.2 Å². The second kappa shape index (κ2) is 4.88. The Labute approximate surface area is 153 Å². The van der Waals surface area contributed by atoms with Crippen LogP contribution in [0.1, 0.15) is 81.6 Å². The van der Waals surface area contributed by atoms with Gasteiger partial charge in [0, 0.05) is 28.3 Å². The number of Topliss-reactive ketones (excluding diaryl/α,β-unsaturated/α-hetero) is 1. The van der Waals surface area contributed by atoms with E-state index in [0.29, 0.717) is 0 Å². The minimum atomic E-state index is -0.676. The van der Waals surface area contributed by atoms with Gasteiger partial charge in [0.2, 0.25) is 11.3 Å². The molecule has 2 atom stereocenters. The molecule has 4 nitrogen and oxygen atoms in total. The molecule has 3 aliphatic rings. The van der Waals surface area contributed by atoms with Crippen LogP contribution in [0.15, 0.2) is 0 Å². The summed E-state index contributed by atoms with van der Waals surface area (Å²) in [6.45, 7) is 19.7. The van der Waals surface area contributed by atoms with E-state index in [-0.39, 0.29) is 34.1 Å². The van der Waals surface area contributed by atoms with Gasteiger partial charge in [-0.25, -0.2) is 0 Å². The fourth-order valence-corrected chi connectivity index (χ4v) is 7.19. The first-order chi connectivity index (χ1) is 11.1. The van der Waals surface area contributed by atoms with Crippen LogP contribution in [0.2, 0.25) is 0 Å². The summed E-state index contributed by atoms with van der Waals surface area (Å²) in [5.74, 6) is 9.78. The maximum absolute atomic E-state index is 13.9. The molecule has 3 rings (SSSR count). The topological polar surface area (TPSA) is 55.9 Å². The molecule has 0 aromatic heterocycles. The van der Waals surface area contributed by atoms with Crippen molar-refractivity contribution in [1.82, 2.24) is 5.32 Å². The molecule has 1 fully saturated rings. The monoisotopic (exact) mass is 347 g/mol. The van der Waals surface area contributed by atoms with E-state index >= 15 is 0 Å². The summed E-state index contributed by atoms with van der Waals surface area (Å²) in [5, 5.41) is 3.74. The molecule has 2 unspecified atom stereocenters. The predicted molar refractivity (Wildman–Crippen MR) is 103 cm³/mol. The number of hydrogen-bond acceptors (Lipinski definition) is 2. The number of carbonyl (C=O) groups is 1. The van der Waals surface area contributed by atoms with E-state index in [1.165, 1.54) is 0 Å². The average molecular weight is 348 g/mol. The van der Waals surface area contributed by atoms with E-state index in [4.69, 9.17) is 5.84 Å². The Bertz CT molecular complexity index is 640. The first-order valence-electron chi connectivity index (χ1n) is 9.82. The molecule has 2 bridgehead atoms. The molecule has 3 heterocycles. The number of piperidine rings is 1. The number of nitrogens with zero attached hydrogens (tertiary/aromatic N) is 1. The van der Waals surface area contributed by atoms with Crippen LogP contribution >= 0.6 is 0 Å². The quantitative estimate of drug-likeness (QED) is 0.716. The third-order valence-corrected chi connectivity index (χ3v) is 7.14. The molecule has 1 saturated heterocycles. The number of hydrogen-bond donors (Lipinski definition) is 1. The lowest BCUT2D eigenvalue weighted by molar-refractivity contribution is -0.560. The van der Waals surface area contributed by atoms with E-state index in [0.717, 1.165) is 25.0 Å². The summed E-state index contributed by atoms with van der Waals surface area (Å²) >= 11 is 0. The SMILES string of the molecule is CC1CC(C)(C)C2=[N+]([NH-])C1(C1CC(C)(C)NC(C)(C)C1)C(=O)C2(C)C. The molecule has 0 aliphatic carbocycles. The van der Waals surface area contributed by atoms with Crippen LogP contribution in [0.25, 0.3) is 5.84 Å². The molecule has 142 valence electrons. The summed E-state index contributed by atoms with van der Waals surface area (Å²) in [7, 11) is 0. The van der Waals surface area contributed by atoms with Gasteiger partial charge in [0.25, 0.3) is 0 Å². The molecular weight excluding hydrogens is 310 g/mol. The van der Waals surface area contributed by atoms with Gasteiger partial charge >= 0.3 is 0 Å². The molecule has 0 aromatic carbocycles. The van der Waals surface area contributed by atoms with Crippen molar-refractivity contribution < 1.29 is 9.48 Å². The van der Waals surface area contributed by atoms with Crippen LogP contribution < -0.4 is 5.32 Å². The van der Waals surface area contributed by atoms with Gasteiger partial charge in [-0.15, -0.1) is 0 Å². The highest BCUT2D eigenvalue weighted by Crippen LogP contribution is 2.58. The van der Waals surface area contributed by atoms with Crippen molar-refractivity contribution in [3.8, 4) is 0 Å². The van der Waals surface area contributed by atoms with Gasteiger partial charge in [-0.3, -0.25) is 9.48 Å². The molecule has 0 radical (unpaired) electrons. The zero-order chi connectivity index (χ0) is 19.2. The fraction of sp³-hybridized carbons (Fsp3) is 0.905. The van der Waals surface area contributed by atoms with Crippen molar-refractivity contribution in [2.45, 2.75) is 98.2 Å². The Hall–Kier alpha value is -0.900. The van der Waals surface area contributed by atoms with Crippen LogP contribution in [0.3, 0.4) is 0 Å². The van der Waals surface area contributed by atoms with Crippen molar-refractivity contribution in [1.29, 1.82) is 0 Å². The average Bonchev–Trinajstić information content (AvgIpc) is 2.45. The first kappa shape index (κ1) is 18.9. The van der Waals surface area contributed by atoms with Crippen molar-refractivity contribution in [3.05, 3.63) is 5.84 Å². The molecule has 3 aliphatic heterocycles. The minimum absolute atomic E-state index is 0.0259. The van der Waals surface area contributed by atoms with Gasteiger partial charge in [-0.05, 0) is 60.8 Å². The molecule has 0 amide bonds. The van der Waals surface area contributed by atoms with Gasteiger partial charge in [-0.1, -0.05) is 20.8 Å². The molecule has 4 heteroatoms. The Balaban J connectivity index is 2.21. The summed E-state index contributed by atoms with van der Waals surface area (Å²) < 4.78 is 1.70. The van der Waals surface area contributed by atoms with Crippen molar-refractivity contribution in [3.63, 3.8) is 0 Å². The summed E-state index contributed by atoms with van der Waals surface area (Å²) in [5.41, 5.74) is -0.348. The largest absolute Gasteiger partial charge is 0.454 e. The second-order valence-electron chi connectivity index (χ2n) is 11.5. The number of rotatable bonds is 1. The van der Waals surface area contributed by atoms with Crippen LogP contribution in [0.4, 0.5) is 0 Å². The van der Waals surface area contributed by atoms with Gasteiger partial charge in [-0.2, -0.15) is 0 Å². The van der Waals surface area contributed by atoms with E-state index in [1.807, 2.05) is 13.8 Å². The maximum atomic E-state index is 13.9. The normalized spacial score (nSPS) is 38.9.